The van der Waals surface area contributed by atoms with Crippen LogP contribution >= 0.6 is 34.7 Å². The van der Waals surface area contributed by atoms with Gasteiger partial charge in [-0.05, 0) is 38.1 Å². The van der Waals surface area contributed by atoms with Gasteiger partial charge in [0.05, 0.1) is 24.2 Å². The molecule has 0 aliphatic carbocycles. The van der Waals surface area contributed by atoms with Crippen molar-refractivity contribution in [1.29, 1.82) is 0 Å². The first-order valence-electron chi connectivity index (χ1n) is 8.76. The molecule has 1 atom stereocenters. The van der Waals surface area contributed by atoms with E-state index in [2.05, 4.69) is 20.7 Å². The summed E-state index contributed by atoms with van der Waals surface area (Å²) in [7, 11) is 0. The predicted octanol–water partition coefficient (Wildman–Crippen LogP) is 2.88. The normalized spacial score (nSPS) is 15.2. The fourth-order valence-electron chi connectivity index (χ4n) is 2.53. The smallest absolute Gasteiger partial charge is 0.281 e. The van der Waals surface area contributed by atoms with E-state index < -0.39 is 0 Å². The Morgan fingerprint density at radius 1 is 1.25 bits per heavy atom. The zero-order valence-electron chi connectivity index (χ0n) is 15.5. The van der Waals surface area contributed by atoms with Crippen molar-refractivity contribution in [2.24, 2.45) is 0 Å². The quantitative estimate of drug-likeness (QED) is 0.549. The monoisotopic (exact) mass is 440 g/mol. The molecular weight excluding hydrogens is 420 g/mol. The zero-order valence-corrected chi connectivity index (χ0v) is 17.9. The summed E-state index contributed by atoms with van der Waals surface area (Å²) >= 11 is 8.57. The van der Waals surface area contributed by atoms with Gasteiger partial charge in [0.2, 0.25) is 0 Å². The number of thioether (sulfide) groups is 1. The molecule has 150 valence electrons. The van der Waals surface area contributed by atoms with Gasteiger partial charge in [-0.15, -0.1) is 11.8 Å². The van der Waals surface area contributed by atoms with Crippen molar-refractivity contribution < 1.29 is 14.3 Å². The summed E-state index contributed by atoms with van der Waals surface area (Å²) in [6, 6.07) is 7.25. The van der Waals surface area contributed by atoms with Gasteiger partial charge in [-0.25, -0.2) is 4.98 Å². The van der Waals surface area contributed by atoms with Gasteiger partial charge in [0.25, 0.3) is 11.8 Å². The van der Waals surface area contributed by atoms with Crippen LogP contribution in [0, 0.1) is 6.92 Å². The molecule has 2 amide bonds. The van der Waals surface area contributed by atoms with Crippen LogP contribution in [0.25, 0.3) is 0 Å². The largest absolute Gasteiger partial charge is 0.378 e. The molecule has 1 saturated heterocycles. The topological polar surface area (TPSA) is 83.6 Å². The molecule has 2 aromatic rings. The Morgan fingerprint density at radius 2 is 1.93 bits per heavy atom. The molecule has 3 rings (SSSR count). The summed E-state index contributed by atoms with van der Waals surface area (Å²) < 4.78 is 5.34. The van der Waals surface area contributed by atoms with E-state index >= 15 is 0 Å². The second-order valence-corrected chi connectivity index (χ2v) is 9.00. The maximum absolute atomic E-state index is 12.5. The summed E-state index contributed by atoms with van der Waals surface area (Å²) in [5, 5.41) is 1.06. The molecule has 7 nitrogen and oxygen atoms in total. The van der Waals surface area contributed by atoms with E-state index in [1.807, 2.05) is 12.1 Å². The van der Waals surface area contributed by atoms with Crippen LogP contribution in [0.1, 0.15) is 22.3 Å². The van der Waals surface area contributed by atoms with E-state index in [9.17, 15) is 9.59 Å². The number of aromatic nitrogens is 1. The number of benzene rings is 1. The number of nitrogens with one attached hydrogen (secondary N) is 2. The molecular formula is C18H21ClN4O3S2. The fourth-order valence-corrected chi connectivity index (χ4v) is 4.54. The first kappa shape index (κ1) is 20.9. The molecule has 0 spiro atoms. The fraction of sp³-hybridized carbons (Fsp3) is 0.389. The Labute approximate surface area is 176 Å². The van der Waals surface area contributed by atoms with Crippen molar-refractivity contribution in [1.82, 2.24) is 15.8 Å². The molecule has 2 N–H and O–H groups in total. The number of morpholine rings is 1. The van der Waals surface area contributed by atoms with Gasteiger partial charge in [-0.2, -0.15) is 0 Å². The number of amides is 2. The minimum Gasteiger partial charge on any atom is -0.378 e. The van der Waals surface area contributed by atoms with Crippen molar-refractivity contribution >= 4 is 51.6 Å². The van der Waals surface area contributed by atoms with Gasteiger partial charge < -0.3 is 9.64 Å². The van der Waals surface area contributed by atoms with E-state index in [0.717, 1.165) is 23.1 Å². The number of carbonyl (C=O) groups excluding carboxylic acids is 2. The average Bonchev–Trinajstić information content (AvgIpc) is 3.10. The van der Waals surface area contributed by atoms with E-state index in [1.54, 1.807) is 26.0 Å². The maximum atomic E-state index is 12.5. The van der Waals surface area contributed by atoms with Gasteiger partial charge in [0.15, 0.2) is 5.13 Å². The molecule has 1 aromatic carbocycles. The second kappa shape index (κ2) is 9.60. The molecule has 1 aromatic heterocycles. The SMILES string of the molecule is Cc1nc(N2CCOCC2)sc1C(=O)NNC(=O)C(C)Sc1ccc(Cl)cc1. The highest BCUT2D eigenvalue weighted by Crippen LogP contribution is 2.27. The first-order chi connectivity index (χ1) is 13.4. The molecule has 0 bridgehead atoms. The van der Waals surface area contributed by atoms with Crippen molar-refractivity contribution in [3.63, 3.8) is 0 Å². The number of nitrogens with zero attached hydrogens (tertiary/aromatic N) is 2. The number of carbonyl (C=O) groups is 2. The third-order valence-corrected chi connectivity index (χ3v) is 6.65. The van der Waals surface area contributed by atoms with Crippen LogP contribution in [-0.2, 0) is 9.53 Å². The number of hydrogen-bond donors (Lipinski definition) is 2. The zero-order chi connectivity index (χ0) is 20.1. The molecule has 0 saturated carbocycles. The number of ether oxygens (including phenoxy) is 1. The van der Waals surface area contributed by atoms with Crippen LogP contribution in [0.15, 0.2) is 29.2 Å². The molecule has 10 heteroatoms. The average molecular weight is 441 g/mol. The van der Waals surface area contributed by atoms with Gasteiger partial charge >= 0.3 is 0 Å². The molecule has 1 aliphatic rings. The standard InChI is InChI=1S/C18H21ClN4O3S2/c1-11-15(28-18(20-11)23-7-9-26-10-8-23)17(25)22-21-16(24)12(2)27-14-5-3-13(19)4-6-14/h3-6,12H,7-10H2,1-2H3,(H,21,24)(H,22,25). The Kier molecular flexibility index (Phi) is 7.17. The first-order valence-corrected chi connectivity index (χ1v) is 10.8. The molecule has 1 fully saturated rings. The van der Waals surface area contributed by atoms with E-state index in [0.29, 0.717) is 28.8 Å². The van der Waals surface area contributed by atoms with Crippen LogP contribution in [0.4, 0.5) is 5.13 Å². The Hall–Kier alpha value is -1.81. The summed E-state index contributed by atoms with van der Waals surface area (Å²) in [6.45, 7) is 6.37. The van der Waals surface area contributed by atoms with Gasteiger partial charge in [-0.1, -0.05) is 22.9 Å². The van der Waals surface area contributed by atoms with E-state index in [1.165, 1.54) is 23.1 Å². The van der Waals surface area contributed by atoms with Crippen molar-refractivity contribution in [2.45, 2.75) is 24.0 Å². The van der Waals surface area contributed by atoms with Gasteiger partial charge in [-0.3, -0.25) is 20.4 Å². The van der Waals surface area contributed by atoms with E-state index in [-0.39, 0.29) is 17.1 Å². The van der Waals surface area contributed by atoms with Crippen LogP contribution in [0.2, 0.25) is 5.02 Å². The summed E-state index contributed by atoms with van der Waals surface area (Å²) in [4.78, 5) is 32.7. The third kappa shape index (κ3) is 5.38. The Morgan fingerprint density at radius 3 is 2.61 bits per heavy atom. The Bertz CT molecular complexity index is 838. The van der Waals surface area contributed by atoms with Crippen LogP contribution in [0.5, 0.6) is 0 Å². The lowest BCUT2D eigenvalue weighted by molar-refractivity contribution is -0.121. The molecule has 1 unspecified atom stereocenters. The highest BCUT2D eigenvalue weighted by molar-refractivity contribution is 8.00. The molecule has 2 heterocycles. The van der Waals surface area contributed by atoms with Gasteiger partial charge in [0, 0.05) is 23.0 Å². The molecule has 1 aliphatic heterocycles. The predicted molar refractivity (Wildman–Crippen MR) is 112 cm³/mol. The Balaban J connectivity index is 1.53. The van der Waals surface area contributed by atoms with Crippen molar-refractivity contribution in [3.05, 3.63) is 39.9 Å². The third-order valence-electron chi connectivity index (χ3n) is 4.07. The van der Waals surface area contributed by atoms with Crippen LogP contribution in [0.3, 0.4) is 0 Å². The lowest BCUT2D eigenvalue weighted by atomic mass is 10.4. The van der Waals surface area contributed by atoms with Crippen LogP contribution in [-0.4, -0.2) is 48.4 Å². The van der Waals surface area contributed by atoms with Crippen molar-refractivity contribution in [2.75, 3.05) is 31.2 Å². The minimum atomic E-state index is -0.382. The lowest BCUT2D eigenvalue weighted by Gasteiger charge is -2.25. The minimum absolute atomic E-state index is 0.288. The summed E-state index contributed by atoms with van der Waals surface area (Å²) in [5.74, 6) is -0.657. The number of halogens is 1. The summed E-state index contributed by atoms with van der Waals surface area (Å²) in [6.07, 6.45) is 0. The number of rotatable bonds is 5. The maximum Gasteiger partial charge on any atom is 0.281 e. The molecule has 0 radical (unpaired) electrons. The lowest BCUT2D eigenvalue weighted by Crippen LogP contribution is -2.44. The summed E-state index contributed by atoms with van der Waals surface area (Å²) in [5.41, 5.74) is 5.61. The van der Waals surface area contributed by atoms with E-state index in [4.69, 9.17) is 16.3 Å². The molecule has 28 heavy (non-hydrogen) atoms. The van der Waals surface area contributed by atoms with Crippen LogP contribution < -0.4 is 15.8 Å². The number of hydrogen-bond acceptors (Lipinski definition) is 7. The second-order valence-electron chi connectivity index (χ2n) is 6.17. The highest BCUT2D eigenvalue weighted by Gasteiger charge is 2.21. The number of hydrazine groups is 1. The highest BCUT2D eigenvalue weighted by atomic mass is 35.5. The number of anilines is 1. The number of aryl methyl sites for hydroxylation is 1. The van der Waals surface area contributed by atoms with Gasteiger partial charge in [0.1, 0.15) is 4.88 Å². The van der Waals surface area contributed by atoms with Crippen molar-refractivity contribution in [3.8, 4) is 0 Å². The number of thiazole rings is 1.